The summed E-state index contributed by atoms with van der Waals surface area (Å²) in [7, 11) is 0. The minimum Gasteiger partial charge on any atom is -0.508 e. The smallest absolute Gasteiger partial charge is 0.169 e. The van der Waals surface area contributed by atoms with Gasteiger partial charge in [0.25, 0.3) is 0 Å². The van der Waals surface area contributed by atoms with Gasteiger partial charge in [-0.25, -0.2) is 0 Å². The van der Waals surface area contributed by atoms with Crippen LogP contribution < -0.4 is 5.32 Å². The molecule has 0 heterocycles. The lowest BCUT2D eigenvalue weighted by Crippen LogP contribution is -2.31. The monoisotopic (exact) mass is 253 g/mol. The van der Waals surface area contributed by atoms with Crippen molar-refractivity contribution in [3.63, 3.8) is 0 Å². The van der Waals surface area contributed by atoms with Gasteiger partial charge in [0.15, 0.2) is 6.29 Å². The fraction of sp³-hybridized carbons (Fsp3) is 0.571. The second kappa shape index (κ2) is 8.08. The Morgan fingerprint density at radius 2 is 1.89 bits per heavy atom. The summed E-state index contributed by atoms with van der Waals surface area (Å²) in [6.07, 6.45) is -0.211. The van der Waals surface area contributed by atoms with Crippen LogP contribution in [0.15, 0.2) is 18.2 Å². The molecule has 0 amide bonds. The maximum Gasteiger partial charge on any atom is 0.169 e. The minimum absolute atomic E-state index is 0.211. The molecule has 0 radical (unpaired) electrons. The molecular formula is C14H23NO3. The van der Waals surface area contributed by atoms with Crippen LogP contribution >= 0.6 is 0 Å². The highest BCUT2D eigenvalue weighted by Gasteiger charge is 2.08. The summed E-state index contributed by atoms with van der Waals surface area (Å²) in [4.78, 5) is 0. The molecule has 1 rings (SSSR count). The number of phenolic OH excluding ortho intramolecular Hbond substituents is 1. The third-order valence-corrected chi connectivity index (χ3v) is 2.75. The van der Waals surface area contributed by atoms with E-state index < -0.39 is 0 Å². The van der Waals surface area contributed by atoms with Gasteiger partial charge in [-0.15, -0.1) is 0 Å². The molecule has 0 bridgehead atoms. The molecule has 1 aromatic carbocycles. The molecule has 0 unspecified atom stereocenters. The van der Waals surface area contributed by atoms with Gasteiger partial charge in [-0.1, -0.05) is 12.1 Å². The van der Waals surface area contributed by atoms with E-state index in [-0.39, 0.29) is 6.29 Å². The number of hydrogen-bond acceptors (Lipinski definition) is 4. The summed E-state index contributed by atoms with van der Waals surface area (Å²) in [5, 5.41) is 12.9. The molecule has 18 heavy (non-hydrogen) atoms. The third-order valence-electron chi connectivity index (χ3n) is 2.75. The first-order chi connectivity index (χ1) is 8.69. The van der Waals surface area contributed by atoms with Crippen LogP contribution in [-0.4, -0.2) is 31.2 Å². The molecule has 0 fully saturated rings. The van der Waals surface area contributed by atoms with Crippen LogP contribution in [0.1, 0.15) is 25.0 Å². The zero-order valence-electron chi connectivity index (χ0n) is 11.4. The summed E-state index contributed by atoms with van der Waals surface area (Å²) in [6.45, 7) is 8.41. The predicted octanol–water partition coefficient (Wildman–Crippen LogP) is 2.19. The maximum atomic E-state index is 9.60. The van der Waals surface area contributed by atoms with Crippen LogP contribution in [0.2, 0.25) is 0 Å². The molecule has 0 aromatic heterocycles. The van der Waals surface area contributed by atoms with Crippen molar-refractivity contribution in [3.05, 3.63) is 29.3 Å². The molecular weight excluding hydrogens is 230 g/mol. The first-order valence-electron chi connectivity index (χ1n) is 6.40. The van der Waals surface area contributed by atoms with Gasteiger partial charge in [-0.3, -0.25) is 0 Å². The molecule has 0 saturated carbocycles. The molecule has 0 atom stereocenters. The van der Waals surface area contributed by atoms with Gasteiger partial charge in [-0.2, -0.15) is 0 Å². The average Bonchev–Trinajstić information content (AvgIpc) is 2.35. The lowest BCUT2D eigenvalue weighted by molar-refractivity contribution is -0.133. The predicted molar refractivity (Wildman–Crippen MR) is 71.6 cm³/mol. The van der Waals surface area contributed by atoms with Crippen molar-refractivity contribution in [2.75, 3.05) is 19.8 Å². The van der Waals surface area contributed by atoms with Crippen LogP contribution in [0.4, 0.5) is 0 Å². The van der Waals surface area contributed by atoms with E-state index in [1.54, 1.807) is 6.07 Å². The molecule has 0 aliphatic heterocycles. The zero-order chi connectivity index (χ0) is 13.4. The number of ether oxygens (including phenoxy) is 2. The van der Waals surface area contributed by atoms with Crippen molar-refractivity contribution in [2.24, 2.45) is 0 Å². The van der Waals surface area contributed by atoms with E-state index in [4.69, 9.17) is 9.47 Å². The van der Waals surface area contributed by atoms with Crippen molar-refractivity contribution in [1.29, 1.82) is 0 Å². The Morgan fingerprint density at radius 1 is 1.22 bits per heavy atom. The fourth-order valence-corrected chi connectivity index (χ4v) is 1.72. The first kappa shape index (κ1) is 15.0. The number of rotatable bonds is 8. The molecule has 4 nitrogen and oxygen atoms in total. The molecule has 0 aliphatic rings. The van der Waals surface area contributed by atoms with Crippen LogP contribution in [0, 0.1) is 6.92 Å². The molecule has 4 heteroatoms. The van der Waals surface area contributed by atoms with E-state index in [1.165, 1.54) is 0 Å². The number of phenols is 1. The SMILES string of the molecule is CCOC(CNCc1cccc(O)c1C)OCC. The maximum absolute atomic E-state index is 9.60. The number of benzene rings is 1. The van der Waals surface area contributed by atoms with Crippen molar-refractivity contribution in [2.45, 2.75) is 33.6 Å². The van der Waals surface area contributed by atoms with Crippen molar-refractivity contribution >= 4 is 0 Å². The van der Waals surface area contributed by atoms with Crippen LogP contribution in [0.25, 0.3) is 0 Å². The topological polar surface area (TPSA) is 50.7 Å². The number of aromatic hydroxyl groups is 1. The molecule has 2 N–H and O–H groups in total. The summed E-state index contributed by atoms with van der Waals surface area (Å²) in [6, 6.07) is 5.54. The van der Waals surface area contributed by atoms with Crippen molar-refractivity contribution in [1.82, 2.24) is 5.32 Å². The molecule has 0 aliphatic carbocycles. The Hall–Kier alpha value is -1.10. The highest BCUT2D eigenvalue weighted by Crippen LogP contribution is 2.19. The van der Waals surface area contributed by atoms with Gasteiger partial charge < -0.3 is 19.9 Å². The van der Waals surface area contributed by atoms with Crippen LogP contribution in [0.3, 0.4) is 0 Å². The summed E-state index contributed by atoms with van der Waals surface area (Å²) in [5.41, 5.74) is 2.00. The molecule has 0 saturated heterocycles. The highest BCUT2D eigenvalue weighted by atomic mass is 16.7. The van der Waals surface area contributed by atoms with Gasteiger partial charge in [0.2, 0.25) is 0 Å². The minimum atomic E-state index is -0.211. The molecule has 1 aromatic rings. The third kappa shape index (κ3) is 4.64. The lowest BCUT2D eigenvalue weighted by Gasteiger charge is -2.18. The molecule has 102 valence electrons. The Labute approximate surface area is 109 Å². The Balaban J connectivity index is 2.42. The van der Waals surface area contributed by atoms with Crippen molar-refractivity contribution < 1.29 is 14.6 Å². The quantitative estimate of drug-likeness (QED) is 0.697. The largest absolute Gasteiger partial charge is 0.508 e. The van der Waals surface area contributed by atoms with E-state index in [0.717, 1.165) is 11.1 Å². The van der Waals surface area contributed by atoms with E-state index in [1.807, 2.05) is 32.9 Å². The van der Waals surface area contributed by atoms with E-state index in [0.29, 0.717) is 32.1 Å². The number of nitrogens with one attached hydrogen (secondary N) is 1. The molecule has 0 spiro atoms. The van der Waals surface area contributed by atoms with Gasteiger partial charge in [0.1, 0.15) is 5.75 Å². The van der Waals surface area contributed by atoms with E-state index in [2.05, 4.69) is 5.32 Å². The summed E-state index contributed by atoms with van der Waals surface area (Å²) >= 11 is 0. The van der Waals surface area contributed by atoms with E-state index in [9.17, 15) is 5.11 Å². The second-order valence-corrected chi connectivity index (χ2v) is 4.03. The Bertz CT molecular complexity index is 349. The fourth-order valence-electron chi connectivity index (χ4n) is 1.72. The summed E-state index contributed by atoms with van der Waals surface area (Å²) in [5.74, 6) is 0.334. The lowest BCUT2D eigenvalue weighted by atomic mass is 10.1. The zero-order valence-corrected chi connectivity index (χ0v) is 11.4. The number of hydrogen-bond donors (Lipinski definition) is 2. The summed E-state index contributed by atoms with van der Waals surface area (Å²) < 4.78 is 10.9. The van der Waals surface area contributed by atoms with Gasteiger partial charge >= 0.3 is 0 Å². The highest BCUT2D eigenvalue weighted by molar-refractivity contribution is 5.37. The van der Waals surface area contributed by atoms with E-state index >= 15 is 0 Å². The normalized spacial score (nSPS) is 11.1. The van der Waals surface area contributed by atoms with Gasteiger partial charge in [0.05, 0.1) is 0 Å². The van der Waals surface area contributed by atoms with Gasteiger partial charge in [-0.05, 0) is 38.0 Å². The average molecular weight is 253 g/mol. The van der Waals surface area contributed by atoms with Crippen LogP contribution in [-0.2, 0) is 16.0 Å². The second-order valence-electron chi connectivity index (χ2n) is 4.03. The first-order valence-corrected chi connectivity index (χ1v) is 6.40. The van der Waals surface area contributed by atoms with Crippen LogP contribution in [0.5, 0.6) is 5.75 Å². The Morgan fingerprint density at radius 3 is 2.50 bits per heavy atom. The van der Waals surface area contributed by atoms with Crippen molar-refractivity contribution in [3.8, 4) is 5.75 Å². The Kier molecular flexibility index (Phi) is 6.72. The van der Waals surface area contributed by atoms with Gasteiger partial charge in [0, 0.05) is 26.3 Å². The standard InChI is InChI=1S/C14H23NO3/c1-4-17-14(18-5-2)10-15-9-12-7-6-8-13(16)11(12)3/h6-8,14-16H,4-5,9-10H2,1-3H3.